The first kappa shape index (κ1) is 19.7. The monoisotopic (exact) mass is 388 g/mol. The molecule has 2 aromatic rings. The minimum Gasteiger partial charge on any atom is -0.383 e. The zero-order chi connectivity index (χ0) is 20.4. The van der Waals surface area contributed by atoms with Crippen molar-refractivity contribution in [3.8, 4) is 0 Å². The van der Waals surface area contributed by atoms with Crippen molar-refractivity contribution in [1.82, 2.24) is 9.88 Å². The van der Waals surface area contributed by atoms with Crippen molar-refractivity contribution >= 4 is 23.3 Å². The van der Waals surface area contributed by atoms with Gasteiger partial charge in [0.2, 0.25) is 0 Å². The molecule has 3 rings (SSSR count). The molecule has 3 atom stereocenters. The predicted octanol–water partition coefficient (Wildman–Crippen LogP) is 3.00. The van der Waals surface area contributed by atoms with Crippen LogP contribution in [0.3, 0.4) is 0 Å². The van der Waals surface area contributed by atoms with Crippen LogP contribution in [0.25, 0.3) is 0 Å². The van der Waals surface area contributed by atoms with Gasteiger partial charge in [0, 0.05) is 6.54 Å². The number of anilines is 2. The first-order valence-electron chi connectivity index (χ1n) is 9.00. The Hall–Kier alpha value is -3.03. The van der Waals surface area contributed by atoms with Gasteiger partial charge in [0.05, 0.1) is 17.9 Å². The molecule has 2 amide bonds. The van der Waals surface area contributed by atoms with Crippen LogP contribution >= 0.6 is 0 Å². The van der Waals surface area contributed by atoms with Crippen LogP contribution < -0.4 is 11.1 Å². The molecule has 1 aromatic carbocycles. The number of rotatable bonds is 2. The topological polar surface area (TPSA) is 88.3 Å². The lowest BCUT2D eigenvalue weighted by Crippen LogP contribution is -2.50. The van der Waals surface area contributed by atoms with Crippen molar-refractivity contribution in [2.24, 2.45) is 5.92 Å². The lowest BCUT2D eigenvalue weighted by atomic mass is 9.88. The average molecular weight is 388 g/mol. The third-order valence-corrected chi connectivity index (χ3v) is 4.86. The second-order valence-corrected chi connectivity index (χ2v) is 7.19. The number of nitrogens with two attached hydrogens (primary N) is 1. The van der Waals surface area contributed by atoms with Crippen molar-refractivity contribution in [3.05, 3.63) is 53.5 Å². The highest BCUT2D eigenvalue weighted by Crippen LogP contribution is 2.36. The maximum Gasteiger partial charge on any atom is 0.313 e. The fraction of sp³-hybridized carbons (Fsp3) is 0.350. The number of hydrogen-bond donors (Lipinski definition) is 2. The molecule has 1 fully saturated rings. The maximum absolute atomic E-state index is 14.8. The Labute approximate surface area is 161 Å². The Kier molecular flexibility index (Phi) is 5.58. The molecule has 0 unspecified atom stereocenters. The van der Waals surface area contributed by atoms with E-state index in [-0.39, 0.29) is 18.9 Å². The van der Waals surface area contributed by atoms with Gasteiger partial charge in [0.15, 0.2) is 0 Å². The number of pyridine rings is 1. The molecule has 1 aliphatic heterocycles. The molecule has 1 saturated heterocycles. The molecule has 0 aliphatic carbocycles. The van der Waals surface area contributed by atoms with Gasteiger partial charge in [-0.3, -0.25) is 9.59 Å². The average Bonchev–Trinajstić information content (AvgIpc) is 2.64. The standard InChI is InChI=1S/C20H22F2N4O2/c1-11-7-16(22)17(13-3-5-14(21)6-4-13)26(10-11)20(28)19(27)25-15-8-12(2)18(23)24-9-15/h3-6,8-9,11,16-17H,7,10H2,1-2H3,(H2,23,24)(H,25,27)/t11-,16+,17+/m1/s1. The summed E-state index contributed by atoms with van der Waals surface area (Å²) >= 11 is 0. The summed E-state index contributed by atoms with van der Waals surface area (Å²) in [7, 11) is 0. The van der Waals surface area contributed by atoms with E-state index < -0.39 is 29.8 Å². The van der Waals surface area contributed by atoms with E-state index in [2.05, 4.69) is 10.3 Å². The second-order valence-electron chi connectivity index (χ2n) is 7.19. The van der Waals surface area contributed by atoms with Gasteiger partial charge in [-0.05, 0) is 48.6 Å². The van der Waals surface area contributed by atoms with Crippen LogP contribution in [-0.4, -0.2) is 34.4 Å². The minimum atomic E-state index is -1.36. The Balaban J connectivity index is 1.84. The number of piperidine rings is 1. The molecule has 148 valence electrons. The number of carbonyl (C=O) groups is 2. The van der Waals surface area contributed by atoms with Gasteiger partial charge in [-0.2, -0.15) is 0 Å². The molecule has 1 aliphatic rings. The molecular weight excluding hydrogens is 366 g/mol. The highest BCUT2D eigenvalue weighted by molar-refractivity contribution is 6.39. The van der Waals surface area contributed by atoms with Crippen molar-refractivity contribution in [3.63, 3.8) is 0 Å². The number of benzene rings is 1. The number of carbonyl (C=O) groups excluding carboxylic acids is 2. The number of halogens is 2. The van der Waals surface area contributed by atoms with E-state index >= 15 is 0 Å². The number of hydrogen-bond acceptors (Lipinski definition) is 4. The number of likely N-dealkylation sites (tertiary alicyclic amines) is 1. The van der Waals surface area contributed by atoms with E-state index in [1.165, 1.54) is 35.4 Å². The molecule has 3 N–H and O–H groups in total. The van der Waals surface area contributed by atoms with E-state index in [9.17, 15) is 18.4 Å². The summed E-state index contributed by atoms with van der Waals surface area (Å²) < 4.78 is 28.1. The Morgan fingerprint density at radius 2 is 1.96 bits per heavy atom. The summed E-state index contributed by atoms with van der Waals surface area (Å²) in [6.07, 6.45) is 0.252. The number of nitrogens with zero attached hydrogens (tertiary/aromatic N) is 2. The van der Waals surface area contributed by atoms with Crippen LogP contribution in [0, 0.1) is 18.7 Å². The highest BCUT2D eigenvalue weighted by atomic mass is 19.1. The van der Waals surface area contributed by atoms with Crippen LogP contribution in [0.4, 0.5) is 20.3 Å². The van der Waals surface area contributed by atoms with Gasteiger partial charge in [-0.1, -0.05) is 19.1 Å². The first-order valence-corrected chi connectivity index (χ1v) is 9.00. The molecule has 1 aromatic heterocycles. The van der Waals surface area contributed by atoms with Gasteiger partial charge in [0.1, 0.15) is 17.8 Å². The second kappa shape index (κ2) is 7.92. The van der Waals surface area contributed by atoms with Crippen molar-refractivity contribution < 1.29 is 18.4 Å². The van der Waals surface area contributed by atoms with E-state index in [0.717, 1.165) is 0 Å². The molecule has 0 saturated carbocycles. The largest absolute Gasteiger partial charge is 0.383 e. The van der Waals surface area contributed by atoms with Crippen LogP contribution in [0.15, 0.2) is 36.5 Å². The zero-order valence-corrected chi connectivity index (χ0v) is 15.7. The summed E-state index contributed by atoms with van der Waals surface area (Å²) in [6, 6.07) is 5.96. The lowest BCUT2D eigenvalue weighted by molar-refractivity contribution is -0.148. The van der Waals surface area contributed by atoms with Gasteiger partial charge >= 0.3 is 11.8 Å². The van der Waals surface area contributed by atoms with Crippen LogP contribution in [0.1, 0.15) is 30.5 Å². The summed E-state index contributed by atoms with van der Waals surface area (Å²) in [4.78, 5) is 30.5. The van der Waals surface area contributed by atoms with Gasteiger partial charge < -0.3 is 16.0 Å². The number of aryl methyl sites for hydroxylation is 1. The van der Waals surface area contributed by atoms with E-state index in [0.29, 0.717) is 22.6 Å². The molecule has 0 radical (unpaired) electrons. The molecule has 6 nitrogen and oxygen atoms in total. The first-order chi connectivity index (χ1) is 13.3. The maximum atomic E-state index is 14.8. The third-order valence-electron chi connectivity index (χ3n) is 4.86. The fourth-order valence-corrected chi connectivity index (χ4v) is 3.46. The summed E-state index contributed by atoms with van der Waals surface area (Å²) in [5, 5.41) is 2.49. The van der Waals surface area contributed by atoms with E-state index in [1.807, 2.05) is 6.92 Å². The van der Waals surface area contributed by atoms with E-state index in [1.54, 1.807) is 13.0 Å². The SMILES string of the molecule is Cc1cc(NC(=O)C(=O)N2C[C@H](C)C[C@H](F)[C@@H]2c2ccc(F)cc2)cnc1N. The van der Waals surface area contributed by atoms with Crippen molar-refractivity contribution in [2.75, 3.05) is 17.6 Å². The van der Waals surface area contributed by atoms with Gasteiger partial charge in [0.25, 0.3) is 0 Å². The number of aromatic nitrogens is 1. The number of nitrogens with one attached hydrogen (secondary N) is 1. The van der Waals surface area contributed by atoms with Crippen molar-refractivity contribution in [2.45, 2.75) is 32.5 Å². The molecule has 2 heterocycles. The quantitative estimate of drug-likeness (QED) is 0.774. The lowest BCUT2D eigenvalue weighted by Gasteiger charge is -2.40. The summed E-state index contributed by atoms with van der Waals surface area (Å²) in [5.41, 5.74) is 7.09. The normalized spacial score (nSPS) is 22.0. The Morgan fingerprint density at radius 3 is 2.61 bits per heavy atom. The molecule has 0 bridgehead atoms. The Bertz CT molecular complexity index is 888. The molecule has 28 heavy (non-hydrogen) atoms. The van der Waals surface area contributed by atoms with Gasteiger partial charge in [-0.25, -0.2) is 13.8 Å². The smallest absolute Gasteiger partial charge is 0.313 e. The highest BCUT2D eigenvalue weighted by Gasteiger charge is 2.40. The predicted molar refractivity (Wildman–Crippen MR) is 102 cm³/mol. The Morgan fingerprint density at radius 1 is 1.29 bits per heavy atom. The van der Waals surface area contributed by atoms with Crippen molar-refractivity contribution in [1.29, 1.82) is 0 Å². The van der Waals surface area contributed by atoms with Crippen LogP contribution in [0.5, 0.6) is 0 Å². The number of nitrogen functional groups attached to an aromatic ring is 1. The van der Waals surface area contributed by atoms with Crippen LogP contribution in [0.2, 0.25) is 0 Å². The molecule has 8 heteroatoms. The van der Waals surface area contributed by atoms with Crippen LogP contribution in [-0.2, 0) is 9.59 Å². The third kappa shape index (κ3) is 4.11. The van der Waals surface area contributed by atoms with Gasteiger partial charge in [-0.15, -0.1) is 0 Å². The minimum absolute atomic E-state index is 0.108. The molecular formula is C20H22F2N4O2. The van der Waals surface area contributed by atoms with E-state index in [4.69, 9.17) is 5.73 Å². The summed E-state index contributed by atoms with van der Waals surface area (Å²) in [5.74, 6) is -1.97. The number of alkyl halides is 1. The summed E-state index contributed by atoms with van der Waals surface area (Å²) in [6.45, 7) is 3.77. The fourth-order valence-electron chi connectivity index (χ4n) is 3.46. The zero-order valence-electron chi connectivity index (χ0n) is 15.7. The molecule has 0 spiro atoms. The number of amides is 2.